The van der Waals surface area contributed by atoms with Crippen molar-refractivity contribution in [2.75, 3.05) is 13.6 Å². The zero-order chi connectivity index (χ0) is 13.0. The van der Waals surface area contributed by atoms with Crippen LogP contribution in [0.25, 0.3) is 0 Å². The third-order valence-corrected chi connectivity index (χ3v) is 3.52. The van der Waals surface area contributed by atoms with Crippen LogP contribution in [0.5, 0.6) is 0 Å². The summed E-state index contributed by atoms with van der Waals surface area (Å²) >= 11 is 0. The van der Waals surface area contributed by atoms with E-state index in [9.17, 15) is 9.59 Å². The van der Waals surface area contributed by atoms with Crippen LogP contribution in [0.2, 0.25) is 0 Å². The topological polar surface area (TPSA) is 69.6 Å². The monoisotopic (exact) mass is 242 g/mol. The van der Waals surface area contributed by atoms with Crippen LogP contribution < -0.4 is 5.32 Å². The molecule has 0 aromatic heterocycles. The number of nitrogens with zero attached hydrogens (tertiary/aromatic N) is 1. The lowest BCUT2D eigenvalue weighted by molar-refractivity contribution is -0.141. The molecule has 1 saturated carbocycles. The molecule has 0 bridgehead atoms. The molecule has 17 heavy (non-hydrogen) atoms. The summed E-state index contributed by atoms with van der Waals surface area (Å²) < 4.78 is 0. The maximum Gasteiger partial charge on any atom is 0.317 e. The number of hydrogen-bond donors (Lipinski definition) is 2. The van der Waals surface area contributed by atoms with Gasteiger partial charge in [0, 0.05) is 19.6 Å². The molecule has 1 aliphatic rings. The first-order valence-electron chi connectivity index (χ1n) is 6.16. The zero-order valence-corrected chi connectivity index (χ0v) is 10.8. The molecule has 2 amide bonds. The van der Waals surface area contributed by atoms with E-state index in [1.54, 1.807) is 14.0 Å². The van der Waals surface area contributed by atoms with Crippen LogP contribution in [-0.2, 0) is 4.79 Å². The quantitative estimate of drug-likeness (QED) is 0.768. The van der Waals surface area contributed by atoms with Gasteiger partial charge in [0.1, 0.15) is 0 Å². The van der Waals surface area contributed by atoms with Crippen molar-refractivity contribution < 1.29 is 14.7 Å². The van der Waals surface area contributed by atoms with Crippen LogP contribution >= 0.6 is 0 Å². The first-order chi connectivity index (χ1) is 7.91. The Bertz CT molecular complexity index is 289. The fraction of sp³-hybridized carbons (Fsp3) is 0.833. The Morgan fingerprint density at radius 2 is 2.00 bits per heavy atom. The first kappa shape index (κ1) is 13.8. The number of carbonyl (C=O) groups is 2. The highest BCUT2D eigenvalue weighted by molar-refractivity contribution is 5.75. The lowest BCUT2D eigenvalue weighted by atomic mass is 9.80. The number of carboxylic acids is 1. The Kier molecular flexibility index (Phi) is 4.78. The first-order valence-corrected chi connectivity index (χ1v) is 6.16. The van der Waals surface area contributed by atoms with Crippen molar-refractivity contribution in [2.45, 2.75) is 39.2 Å². The molecule has 0 spiro atoms. The number of carboxylic acid groups (broad SMARTS) is 1. The van der Waals surface area contributed by atoms with Crippen molar-refractivity contribution in [3.63, 3.8) is 0 Å². The van der Waals surface area contributed by atoms with Gasteiger partial charge in [-0.2, -0.15) is 0 Å². The van der Waals surface area contributed by atoms with Gasteiger partial charge in [-0.05, 0) is 25.7 Å². The van der Waals surface area contributed by atoms with E-state index in [1.165, 1.54) is 24.2 Å². The summed E-state index contributed by atoms with van der Waals surface area (Å²) in [6.45, 7) is 3.84. The number of hydrogen-bond acceptors (Lipinski definition) is 2. The second-order valence-electron chi connectivity index (χ2n) is 5.05. The largest absolute Gasteiger partial charge is 0.481 e. The minimum absolute atomic E-state index is 0.179. The van der Waals surface area contributed by atoms with E-state index in [1.807, 2.05) is 6.92 Å². The molecule has 0 radical (unpaired) electrons. The van der Waals surface area contributed by atoms with E-state index in [0.717, 1.165) is 0 Å². The number of amides is 2. The van der Waals surface area contributed by atoms with Gasteiger partial charge in [0.05, 0.1) is 5.92 Å². The molecule has 0 saturated heterocycles. The smallest absolute Gasteiger partial charge is 0.317 e. The number of aliphatic carboxylic acids is 1. The Labute approximate surface area is 102 Å². The summed E-state index contributed by atoms with van der Waals surface area (Å²) in [6.07, 6.45) is 3.60. The maximum absolute atomic E-state index is 11.8. The molecular formula is C12H22N2O3. The highest BCUT2D eigenvalue weighted by atomic mass is 16.4. The summed E-state index contributed by atoms with van der Waals surface area (Å²) in [6, 6.07) is -0.00339. The lowest BCUT2D eigenvalue weighted by Gasteiger charge is -2.33. The Balaban J connectivity index is 2.32. The number of urea groups is 1. The number of carbonyl (C=O) groups excluding carboxylic acids is 1. The van der Waals surface area contributed by atoms with Gasteiger partial charge in [-0.25, -0.2) is 4.79 Å². The third kappa shape index (κ3) is 3.91. The molecule has 2 unspecified atom stereocenters. The molecule has 5 nitrogen and oxygen atoms in total. The van der Waals surface area contributed by atoms with Gasteiger partial charge in [0.2, 0.25) is 0 Å². The third-order valence-electron chi connectivity index (χ3n) is 3.52. The van der Waals surface area contributed by atoms with Crippen molar-refractivity contribution in [3.8, 4) is 0 Å². The van der Waals surface area contributed by atoms with E-state index in [4.69, 9.17) is 5.11 Å². The summed E-state index contributed by atoms with van der Waals surface area (Å²) in [4.78, 5) is 23.9. The van der Waals surface area contributed by atoms with Crippen LogP contribution in [0.15, 0.2) is 0 Å². The Morgan fingerprint density at radius 3 is 2.41 bits per heavy atom. The second-order valence-corrected chi connectivity index (χ2v) is 5.05. The summed E-state index contributed by atoms with van der Waals surface area (Å²) in [7, 11) is 1.63. The molecule has 0 heterocycles. The standard InChI is InChI=1S/C12H22N2O3/c1-8(11(15)16)7-14(3)12(17)13-9(2)10-5-4-6-10/h8-10H,4-7H2,1-3H3,(H,13,17)(H,15,16). The van der Waals surface area contributed by atoms with Crippen LogP contribution in [-0.4, -0.2) is 41.6 Å². The molecule has 1 aliphatic carbocycles. The van der Waals surface area contributed by atoms with Gasteiger partial charge in [-0.3, -0.25) is 4.79 Å². The fourth-order valence-electron chi connectivity index (χ4n) is 1.93. The highest BCUT2D eigenvalue weighted by Crippen LogP contribution is 2.29. The Morgan fingerprint density at radius 1 is 1.41 bits per heavy atom. The second kappa shape index (κ2) is 5.89. The van der Waals surface area contributed by atoms with Gasteiger partial charge in [0.25, 0.3) is 0 Å². The fourth-order valence-corrected chi connectivity index (χ4v) is 1.93. The predicted molar refractivity (Wildman–Crippen MR) is 64.8 cm³/mol. The van der Waals surface area contributed by atoms with E-state index >= 15 is 0 Å². The van der Waals surface area contributed by atoms with E-state index in [2.05, 4.69) is 5.32 Å². The molecule has 98 valence electrons. The molecule has 1 rings (SSSR count). The number of rotatable bonds is 5. The molecule has 0 aromatic rings. The van der Waals surface area contributed by atoms with Crippen molar-refractivity contribution in [3.05, 3.63) is 0 Å². The van der Waals surface area contributed by atoms with E-state index in [-0.39, 0.29) is 18.6 Å². The van der Waals surface area contributed by atoms with Gasteiger partial charge in [0.15, 0.2) is 0 Å². The van der Waals surface area contributed by atoms with Crippen LogP contribution in [0, 0.1) is 11.8 Å². The van der Waals surface area contributed by atoms with Crippen LogP contribution in [0.4, 0.5) is 4.79 Å². The molecule has 1 fully saturated rings. The summed E-state index contributed by atoms with van der Waals surface area (Å²) in [5.74, 6) is -0.828. The highest BCUT2D eigenvalue weighted by Gasteiger charge is 2.26. The van der Waals surface area contributed by atoms with Crippen molar-refractivity contribution in [1.29, 1.82) is 0 Å². The zero-order valence-electron chi connectivity index (χ0n) is 10.8. The molecule has 2 N–H and O–H groups in total. The Hall–Kier alpha value is -1.26. The number of nitrogens with one attached hydrogen (secondary N) is 1. The van der Waals surface area contributed by atoms with Crippen LogP contribution in [0.1, 0.15) is 33.1 Å². The normalized spacial score (nSPS) is 19.0. The predicted octanol–water partition coefficient (Wildman–Crippen LogP) is 1.54. The average molecular weight is 242 g/mol. The minimum Gasteiger partial charge on any atom is -0.481 e. The molecule has 0 aromatic carbocycles. The van der Waals surface area contributed by atoms with Crippen LogP contribution in [0.3, 0.4) is 0 Å². The van der Waals surface area contributed by atoms with Crippen molar-refractivity contribution in [2.24, 2.45) is 11.8 Å². The van der Waals surface area contributed by atoms with Gasteiger partial charge in [-0.1, -0.05) is 13.3 Å². The van der Waals surface area contributed by atoms with E-state index in [0.29, 0.717) is 5.92 Å². The maximum atomic E-state index is 11.8. The van der Waals surface area contributed by atoms with Crippen molar-refractivity contribution in [1.82, 2.24) is 10.2 Å². The summed E-state index contributed by atoms with van der Waals surface area (Å²) in [5.41, 5.74) is 0. The molecular weight excluding hydrogens is 220 g/mol. The van der Waals surface area contributed by atoms with E-state index < -0.39 is 11.9 Å². The SMILES string of the molecule is CC(CN(C)C(=O)NC(C)C1CCC1)C(=O)O. The van der Waals surface area contributed by atoms with Gasteiger partial charge in [-0.15, -0.1) is 0 Å². The lowest BCUT2D eigenvalue weighted by Crippen LogP contribution is -2.47. The van der Waals surface area contributed by atoms with Gasteiger partial charge >= 0.3 is 12.0 Å². The van der Waals surface area contributed by atoms with Crippen molar-refractivity contribution >= 4 is 12.0 Å². The molecule has 2 atom stereocenters. The molecule has 0 aliphatic heterocycles. The minimum atomic E-state index is -0.878. The molecule has 5 heteroatoms. The van der Waals surface area contributed by atoms with Gasteiger partial charge < -0.3 is 15.3 Å². The average Bonchev–Trinajstić information content (AvgIpc) is 2.13. The summed E-state index contributed by atoms with van der Waals surface area (Å²) in [5, 5.41) is 11.7.